The lowest BCUT2D eigenvalue weighted by atomic mass is 10.5. The summed E-state index contributed by atoms with van der Waals surface area (Å²) in [6, 6.07) is 0. The van der Waals surface area contributed by atoms with Crippen molar-refractivity contribution in [1.29, 1.82) is 0 Å². The summed E-state index contributed by atoms with van der Waals surface area (Å²) in [6.45, 7) is 3.08. The van der Waals surface area contributed by atoms with Gasteiger partial charge in [0, 0.05) is 0 Å². The van der Waals surface area contributed by atoms with E-state index in [4.69, 9.17) is 0 Å². The number of halogens is 1. The first-order chi connectivity index (χ1) is 6.13. The van der Waals surface area contributed by atoms with Crippen LogP contribution in [0.3, 0.4) is 0 Å². The van der Waals surface area contributed by atoms with Crippen LogP contribution in [0.5, 0.6) is 0 Å². The Morgan fingerprint density at radius 3 is 2.85 bits per heavy atom. The fourth-order valence-corrected chi connectivity index (χ4v) is 1.36. The predicted octanol–water partition coefficient (Wildman–Crippen LogP) is 1.55. The second-order valence-corrected chi connectivity index (χ2v) is 3.16. The van der Waals surface area contributed by atoms with Crippen molar-refractivity contribution in [3.63, 3.8) is 0 Å². The van der Waals surface area contributed by atoms with Crippen molar-refractivity contribution in [3.8, 4) is 11.8 Å². The van der Waals surface area contributed by atoms with Crippen LogP contribution in [0, 0.1) is 23.9 Å². The van der Waals surface area contributed by atoms with Crippen molar-refractivity contribution in [2.75, 3.05) is 5.32 Å². The van der Waals surface area contributed by atoms with E-state index in [0.717, 1.165) is 11.3 Å². The Labute approximate surface area is 79.0 Å². The summed E-state index contributed by atoms with van der Waals surface area (Å²) in [5.74, 6) is 4.22. The molecule has 1 aromatic rings. The van der Waals surface area contributed by atoms with Crippen molar-refractivity contribution < 1.29 is 9.18 Å². The van der Waals surface area contributed by atoms with Crippen molar-refractivity contribution in [3.05, 3.63) is 10.8 Å². The van der Waals surface area contributed by atoms with Crippen LogP contribution in [0.1, 0.15) is 12.6 Å². The Kier molecular flexibility index (Phi) is 2.98. The number of carbonyl (C=O) groups excluding carboxylic acids is 1. The van der Waals surface area contributed by atoms with E-state index in [0.29, 0.717) is 0 Å². The quantitative estimate of drug-likeness (QED) is 0.696. The van der Waals surface area contributed by atoms with Crippen LogP contribution in [-0.4, -0.2) is 10.9 Å². The standard InChI is InChI=1S/C8H7FN2OS/c1-3-4-6(12)11-8-10-5(2)7(9)13-8/h1-2H3,(H,10,11,12). The van der Waals surface area contributed by atoms with E-state index < -0.39 is 5.91 Å². The molecule has 1 rings (SSSR count). The molecule has 1 N–H and O–H groups in total. The maximum Gasteiger partial charge on any atom is 0.302 e. The largest absolute Gasteiger partial charge is 0.302 e. The van der Waals surface area contributed by atoms with Gasteiger partial charge in [0.1, 0.15) is 0 Å². The van der Waals surface area contributed by atoms with Crippen LogP contribution < -0.4 is 5.32 Å². The van der Waals surface area contributed by atoms with Gasteiger partial charge in [0.15, 0.2) is 5.13 Å². The van der Waals surface area contributed by atoms with E-state index in [2.05, 4.69) is 22.1 Å². The molecular formula is C8H7FN2OS. The fourth-order valence-electron chi connectivity index (χ4n) is 0.673. The van der Waals surface area contributed by atoms with Gasteiger partial charge in [-0.2, -0.15) is 4.39 Å². The predicted molar refractivity (Wildman–Crippen MR) is 48.9 cm³/mol. The van der Waals surface area contributed by atoms with E-state index in [-0.39, 0.29) is 16.0 Å². The van der Waals surface area contributed by atoms with Crippen molar-refractivity contribution in [2.45, 2.75) is 13.8 Å². The molecular weight excluding hydrogens is 191 g/mol. The molecule has 0 radical (unpaired) electrons. The minimum absolute atomic E-state index is 0.239. The average Bonchev–Trinajstić information content (AvgIpc) is 2.31. The van der Waals surface area contributed by atoms with Crippen LogP contribution in [-0.2, 0) is 4.79 Å². The third-order valence-corrected chi connectivity index (χ3v) is 2.06. The molecule has 1 heterocycles. The molecule has 0 aromatic carbocycles. The molecule has 5 heteroatoms. The number of aryl methyl sites for hydroxylation is 1. The van der Waals surface area contributed by atoms with Gasteiger partial charge in [-0.3, -0.25) is 10.1 Å². The summed E-state index contributed by atoms with van der Waals surface area (Å²) < 4.78 is 12.7. The molecule has 0 unspecified atom stereocenters. The number of anilines is 1. The van der Waals surface area contributed by atoms with Gasteiger partial charge in [0.05, 0.1) is 5.69 Å². The summed E-state index contributed by atoms with van der Waals surface area (Å²) in [7, 11) is 0. The molecule has 0 atom stereocenters. The van der Waals surface area contributed by atoms with Gasteiger partial charge in [-0.15, -0.1) is 0 Å². The third-order valence-electron chi connectivity index (χ3n) is 1.20. The minimum Gasteiger partial charge on any atom is -0.291 e. The van der Waals surface area contributed by atoms with E-state index in [1.165, 1.54) is 6.92 Å². The number of thiazole rings is 1. The average molecular weight is 198 g/mol. The first-order valence-electron chi connectivity index (χ1n) is 3.50. The monoisotopic (exact) mass is 198 g/mol. The molecule has 3 nitrogen and oxygen atoms in total. The number of aromatic nitrogens is 1. The molecule has 1 aromatic heterocycles. The minimum atomic E-state index is -0.476. The molecule has 0 spiro atoms. The maximum atomic E-state index is 12.7. The second kappa shape index (κ2) is 4.01. The molecule has 0 aliphatic carbocycles. The Balaban J connectivity index is 2.73. The van der Waals surface area contributed by atoms with E-state index in [9.17, 15) is 9.18 Å². The Hall–Kier alpha value is -1.41. The number of carbonyl (C=O) groups is 1. The van der Waals surface area contributed by atoms with E-state index in [1.54, 1.807) is 6.92 Å². The summed E-state index contributed by atoms with van der Waals surface area (Å²) in [5.41, 5.74) is 0.282. The smallest absolute Gasteiger partial charge is 0.291 e. The lowest BCUT2D eigenvalue weighted by Gasteiger charge is -1.90. The lowest BCUT2D eigenvalue weighted by Crippen LogP contribution is -2.07. The van der Waals surface area contributed by atoms with Crippen LogP contribution in [0.25, 0.3) is 0 Å². The van der Waals surface area contributed by atoms with Crippen molar-refractivity contribution in [2.24, 2.45) is 0 Å². The highest BCUT2D eigenvalue weighted by molar-refractivity contribution is 7.14. The first-order valence-corrected chi connectivity index (χ1v) is 4.32. The molecule has 0 saturated carbocycles. The third kappa shape index (κ3) is 2.53. The highest BCUT2D eigenvalue weighted by Crippen LogP contribution is 2.19. The second-order valence-electron chi connectivity index (χ2n) is 2.21. The zero-order chi connectivity index (χ0) is 9.84. The molecule has 0 bridgehead atoms. The van der Waals surface area contributed by atoms with E-state index >= 15 is 0 Å². The van der Waals surface area contributed by atoms with Gasteiger partial charge < -0.3 is 0 Å². The topological polar surface area (TPSA) is 42.0 Å². The molecule has 68 valence electrons. The molecule has 13 heavy (non-hydrogen) atoms. The van der Waals surface area contributed by atoms with Crippen LogP contribution in [0.4, 0.5) is 9.52 Å². The molecule has 0 saturated heterocycles. The van der Waals surface area contributed by atoms with Gasteiger partial charge >= 0.3 is 5.91 Å². The summed E-state index contributed by atoms with van der Waals surface area (Å²) in [4.78, 5) is 14.7. The van der Waals surface area contributed by atoms with Gasteiger partial charge in [0.25, 0.3) is 0 Å². The van der Waals surface area contributed by atoms with Crippen molar-refractivity contribution in [1.82, 2.24) is 4.98 Å². The van der Waals surface area contributed by atoms with Gasteiger partial charge in [0.2, 0.25) is 5.13 Å². The van der Waals surface area contributed by atoms with Crippen LogP contribution >= 0.6 is 11.3 Å². The first kappa shape index (κ1) is 9.68. The number of amides is 1. The lowest BCUT2D eigenvalue weighted by molar-refractivity contribution is -0.111. The number of hydrogen-bond acceptors (Lipinski definition) is 3. The number of nitrogens with one attached hydrogen (secondary N) is 1. The fraction of sp³-hybridized carbons (Fsp3) is 0.250. The molecule has 1 amide bonds. The summed E-state index contributed by atoms with van der Waals surface area (Å²) in [6.07, 6.45) is 0. The Bertz CT molecular complexity index is 369. The zero-order valence-corrected chi connectivity index (χ0v) is 7.96. The normalized spacial score (nSPS) is 8.85. The number of nitrogens with zero attached hydrogens (tertiary/aromatic N) is 1. The van der Waals surface area contributed by atoms with Crippen LogP contribution in [0.2, 0.25) is 0 Å². The maximum absolute atomic E-state index is 12.7. The number of rotatable bonds is 1. The number of hydrogen-bond donors (Lipinski definition) is 1. The summed E-state index contributed by atoms with van der Waals surface area (Å²) >= 11 is 0.791. The molecule has 0 aliphatic heterocycles. The Morgan fingerprint density at radius 1 is 1.69 bits per heavy atom. The van der Waals surface area contributed by atoms with Crippen LogP contribution in [0.15, 0.2) is 0 Å². The van der Waals surface area contributed by atoms with Crippen molar-refractivity contribution >= 4 is 22.4 Å². The zero-order valence-electron chi connectivity index (χ0n) is 7.14. The van der Waals surface area contributed by atoms with Gasteiger partial charge in [-0.05, 0) is 19.8 Å². The summed E-state index contributed by atoms with van der Waals surface area (Å²) in [5, 5.41) is 2.21. The SMILES string of the molecule is CC#CC(=O)Nc1nc(C)c(F)s1. The van der Waals surface area contributed by atoms with Gasteiger partial charge in [-0.25, -0.2) is 4.98 Å². The Morgan fingerprint density at radius 2 is 2.38 bits per heavy atom. The highest BCUT2D eigenvalue weighted by Gasteiger charge is 2.07. The van der Waals surface area contributed by atoms with Gasteiger partial charge in [-0.1, -0.05) is 17.3 Å². The molecule has 0 aliphatic rings. The highest BCUT2D eigenvalue weighted by atomic mass is 32.1. The van der Waals surface area contributed by atoms with E-state index in [1.807, 2.05) is 0 Å². The molecule has 0 fully saturated rings.